The molecule has 2 aromatic carbocycles. The first-order valence-corrected chi connectivity index (χ1v) is 15.8. The molecule has 1 heteroatoms. The highest BCUT2D eigenvalue weighted by atomic mass is 16.5. The summed E-state index contributed by atoms with van der Waals surface area (Å²) in [5.74, 6) is 10.8. The molecule has 0 unspecified atom stereocenters. The van der Waals surface area contributed by atoms with Gasteiger partial charge < -0.3 is 4.74 Å². The average Bonchev–Trinajstić information content (AvgIpc) is 2.97. The van der Waals surface area contributed by atoms with Gasteiger partial charge in [0.15, 0.2) is 0 Å². The van der Waals surface area contributed by atoms with E-state index in [1.54, 1.807) is 0 Å². The van der Waals surface area contributed by atoms with Gasteiger partial charge in [0, 0.05) is 5.56 Å². The number of allylic oxidation sites excluding steroid dienone is 2. The van der Waals surface area contributed by atoms with Crippen LogP contribution in [0.2, 0.25) is 0 Å². The lowest BCUT2D eigenvalue weighted by atomic mass is 9.77. The van der Waals surface area contributed by atoms with Crippen LogP contribution in [0.4, 0.5) is 0 Å². The van der Waals surface area contributed by atoms with Gasteiger partial charge in [-0.3, -0.25) is 0 Å². The van der Waals surface area contributed by atoms with Crippen LogP contribution in [0, 0.1) is 23.7 Å². The van der Waals surface area contributed by atoms with E-state index in [0.717, 1.165) is 36.2 Å². The summed E-state index contributed by atoms with van der Waals surface area (Å²) in [6.07, 6.45) is 23.0. The van der Waals surface area contributed by atoms with Gasteiger partial charge in [-0.05, 0) is 123 Å². The van der Waals surface area contributed by atoms with Crippen molar-refractivity contribution in [1.29, 1.82) is 0 Å². The number of ether oxygens (including phenoxy) is 1. The Hall–Kier alpha value is -2.46. The van der Waals surface area contributed by atoms with E-state index in [2.05, 4.69) is 86.4 Å². The normalized spacial score (nSPS) is 23.6. The Balaban J connectivity index is 1.17. The summed E-state index contributed by atoms with van der Waals surface area (Å²) in [5, 5.41) is 0. The van der Waals surface area contributed by atoms with Crippen molar-refractivity contribution in [3.05, 3.63) is 77.4 Å². The molecule has 2 aliphatic rings. The van der Waals surface area contributed by atoms with Gasteiger partial charge in [0.05, 0.1) is 6.61 Å². The fraction of sp³-hybridized carbons (Fsp3) is 0.568. The summed E-state index contributed by atoms with van der Waals surface area (Å²) < 4.78 is 5.82. The summed E-state index contributed by atoms with van der Waals surface area (Å²) in [4.78, 5) is 0. The Kier molecular flexibility index (Phi) is 11.9. The van der Waals surface area contributed by atoms with Crippen molar-refractivity contribution < 1.29 is 4.74 Å². The van der Waals surface area contributed by atoms with Gasteiger partial charge in [-0.2, -0.15) is 0 Å². The maximum absolute atomic E-state index is 5.82. The minimum Gasteiger partial charge on any atom is -0.494 e. The first kappa shape index (κ1) is 28.5. The first-order chi connectivity index (χ1) is 18.7. The topological polar surface area (TPSA) is 9.23 Å². The Morgan fingerprint density at radius 3 is 1.95 bits per heavy atom. The molecule has 0 bridgehead atoms. The lowest BCUT2D eigenvalue weighted by Crippen LogP contribution is -2.13. The highest BCUT2D eigenvalue weighted by Gasteiger charge is 2.22. The van der Waals surface area contributed by atoms with E-state index in [1.807, 2.05) is 0 Å². The van der Waals surface area contributed by atoms with Gasteiger partial charge in [-0.25, -0.2) is 0 Å². The molecule has 0 saturated heterocycles. The fourth-order valence-electron chi connectivity index (χ4n) is 6.43. The quantitative estimate of drug-likeness (QED) is 0.216. The second-order valence-electron chi connectivity index (χ2n) is 11.8. The Morgan fingerprint density at radius 1 is 0.711 bits per heavy atom. The van der Waals surface area contributed by atoms with E-state index in [4.69, 9.17) is 4.74 Å². The Labute approximate surface area is 233 Å². The molecule has 0 N–H and O–H groups in total. The highest BCUT2D eigenvalue weighted by molar-refractivity contribution is 5.39. The number of benzene rings is 2. The standard InChI is InChI=1S/C37H50O/c1-3-5-7-10-30-13-19-33(20-14-30)34-21-15-31(16-22-34)11-8-9-12-32-17-23-35(24-18-32)36-25-27-37(28-26-36)38-29-6-4-2/h9,12,15-16,21-22,25-28,30,32-33,35H,3-7,10,13-14,17-20,23-24,29H2,1-2H3/b12-9+. The van der Waals surface area contributed by atoms with Crippen molar-refractivity contribution in [3.8, 4) is 17.6 Å². The fourth-order valence-corrected chi connectivity index (χ4v) is 6.43. The smallest absolute Gasteiger partial charge is 0.119 e. The van der Waals surface area contributed by atoms with Gasteiger partial charge >= 0.3 is 0 Å². The second-order valence-corrected chi connectivity index (χ2v) is 11.8. The molecule has 2 aliphatic carbocycles. The molecule has 38 heavy (non-hydrogen) atoms. The van der Waals surface area contributed by atoms with Crippen LogP contribution in [0.5, 0.6) is 5.75 Å². The molecule has 0 spiro atoms. The zero-order chi connectivity index (χ0) is 26.4. The number of hydrogen-bond acceptors (Lipinski definition) is 1. The molecule has 1 nitrogen and oxygen atoms in total. The van der Waals surface area contributed by atoms with Gasteiger partial charge in [-0.1, -0.05) is 88.1 Å². The SMILES string of the molecule is CCCCCC1CCC(c2ccc(C#C/C=C/C3CCC(c4ccc(OCCCC)cc4)CC3)cc2)CC1. The molecule has 0 radical (unpaired) electrons. The van der Waals surface area contributed by atoms with Crippen LogP contribution in [0.1, 0.15) is 132 Å². The molecular weight excluding hydrogens is 460 g/mol. The third kappa shape index (κ3) is 9.08. The Bertz CT molecular complexity index is 1000. The minimum absolute atomic E-state index is 0.664. The van der Waals surface area contributed by atoms with Gasteiger partial charge in [0.25, 0.3) is 0 Å². The predicted octanol–water partition coefficient (Wildman–Crippen LogP) is 10.6. The van der Waals surface area contributed by atoms with Gasteiger partial charge in [0.1, 0.15) is 5.75 Å². The van der Waals surface area contributed by atoms with E-state index in [9.17, 15) is 0 Å². The summed E-state index contributed by atoms with van der Waals surface area (Å²) in [6.45, 7) is 5.32. The second kappa shape index (κ2) is 15.8. The highest BCUT2D eigenvalue weighted by Crippen LogP contribution is 2.38. The van der Waals surface area contributed by atoms with Crippen LogP contribution >= 0.6 is 0 Å². The summed E-state index contributed by atoms with van der Waals surface area (Å²) in [7, 11) is 0. The molecule has 0 aromatic heterocycles. The third-order valence-corrected chi connectivity index (χ3v) is 9.00. The predicted molar refractivity (Wildman–Crippen MR) is 163 cm³/mol. The van der Waals surface area contributed by atoms with Gasteiger partial charge in [0.2, 0.25) is 0 Å². The molecule has 0 aliphatic heterocycles. The lowest BCUT2D eigenvalue weighted by molar-refractivity contribution is 0.303. The number of unbranched alkanes of at least 4 members (excludes halogenated alkanes) is 3. The van der Waals surface area contributed by atoms with Crippen molar-refractivity contribution in [2.24, 2.45) is 11.8 Å². The van der Waals surface area contributed by atoms with Crippen molar-refractivity contribution in [1.82, 2.24) is 0 Å². The average molecular weight is 511 g/mol. The van der Waals surface area contributed by atoms with Crippen LogP contribution in [-0.2, 0) is 0 Å². The molecule has 2 fully saturated rings. The zero-order valence-corrected chi connectivity index (χ0v) is 24.1. The summed E-state index contributed by atoms with van der Waals surface area (Å²) in [5.41, 5.74) is 4.13. The molecular formula is C37H50O. The van der Waals surface area contributed by atoms with E-state index < -0.39 is 0 Å². The molecule has 2 saturated carbocycles. The monoisotopic (exact) mass is 510 g/mol. The molecule has 2 aromatic rings. The maximum atomic E-state index is 5.82. The molecule has 4 rings (SSSR count). The summed E-state index contributed by atoms with van der Waals surface area (Å²) in [6, 6.07) is 18.0. The lowest BCUT2D eigenvalue weighted by Gasteiger charge is -2.29. The van der Waals surface area contributed by atoms with E-state index >= 15 is 0 Å². The van der Waals surface area contributed by atoms with Crippen LogP contribution in [0.15, 0.2) is 60.7 Å². The van der Waals surface area contributed by atoms with Crippen LogP contribution in [-0.4, -0.2) is 6.61 Å². The molecule has 0 atom stereocenters. The van der Waals surface area contributed by atoms with Crippen LogP contribution < -0.4 is 4.74 Å². The molecule has 204 valence electrons. The number of rotatable bonds is 11. The van der Waals surface area contributed by atoms with Crippen molar-refractivity contribution in [3.63, 3.8) is 0 Å². The van der Waals surface area contributed by atoms with Crippen molar-refractivity contribution >= 4 is 0 Å². The van der Waals surface area contributed by atoms with Crippen molar-refractivity contribution in [2.45, 2.75) is 116 Å². The Morgan fingerprint density at radius 2 is 1.32 bits per heavy atom. The van der Waals surface area contributed by atoms with Crippen LogP contribution in [0.25, 0.3) is 0 Å². The minimum atomic E-state index is 0.664. The van der Waals surface area contributed by atoms with Crippen LogP contribution in [0.3, 0.4) is 0 Å². The van der Waals surface area contributed by atoms with E-state index in [1.165, 1.54) is 94.6 Å². The molecule has 0 amide bonds. The van der Waals surface area contributed by atoms with Gasteiger partial charge in [-0.15, -0.1) is 0 Å². The maximum Gasteiger partial charge on any atom is 0.119 e. The number of hydrogen-bond donors (Lipinski definition) is 0. The first-order valence-electron chi connectivity index (χ1n) is 15.8. The third-order valence-electron chi connectivity index (χ3n) is 9.00. The largest absolute Gasteiger partial charge is 0.494 e. The van der Waals surface area contributed by atoms with E-state index in [-0.39, 0.29) is 0 Å². The summed E-state index contributed by atoms with van der Waals surface area (Å²) >= 11 is 0. The zero-order valence-electron chi connectivity index (χ0n) is 24.1. The molecule has 0 heterocycles. The van der Waals surface area contributed by atoms with E-state index in [0.29, 0.717) is 11.8 Å². The van der Waals surface area contributed by atoms with Crippen molar-refractivity contribution in [2.75, 3.05) is 6.61 Å².